The van der Waals surface area contributed by atoms with Crippen LogP contribution in [-0.4, -0.2) is 31.1 Å². The SMILES string of the molecule is N#CC[C@@H](c1ccc(Br)cc1F)N1CCNCC1. The normalized spacial score (nSPS) is 18.3. The molecule has 1 fully saturated rings. The minimum atomic E-state index is -0.247. The highest BCUT2D eigenvalue weighted by Gasteiger charge is 2.24. The van der Waals surface area contributed by atoms with Gasteiger partial charge in [-0.05, 0) is 12.1 Å². The van der Waals surface area contributed by atoms with Gasteiger partial charge in [-0.25, -0.2) is 4.39 Å². The first-order valence-corrected chi connectivity index (χ1v) is 6.78. The second-order valence-corrected chi connectivity index (χ2v) is 5.25. The van der Waals surface area contributed by atoms with Gasteiger partial charge >= 0.3 is 0 Å². The molecule has 0 amide bonds. The van der Waals surface area contributed by atoms with Crippen molar-refractivity contribution in [2.45, 2.75) is 12.5 Å². The summed E-state index contributed by atoms with van der Waals surface area (Å²) < 4.78 is 14.7. The van der Waals surface area contributed by atoms with Crippen molar-refractivity contribution < 1.29 is 4.39 Å². The van der Waals surface area contributed by atoms with E-state index in [9.17, 15) is 4.39 Å². The number of hydrogen-bond donors (Lipinski definition) is 1. The predicted octanol–water partition coefficient (Wildman–Crippen LogP) is 2.45. The minimum absolute atomic E-state index is 0.148. The summed E-state index contributed by atoms with van der Waals surface area (Å²) >= 11 is 3.25. The summed E-state index contributed by atoms with van der Waals surface area (Å²) in [5, 5.41) is 12.2. The summed E-state index contributed by atoms with van der Waals surface area (Å²) in [6, 6.07) is 7.07. The molecule has 1 aromatic carbocycles. The Balaban J connectivity index is 2.25. The maximum absolute atomic E-state index is 14.0. The molecule has 1 N–H and O–H groups in total. The Morgan fingerprint density at radius 3 is 2.78 bits per heavy atom. The molecule has 1 aliphatic rings. The molecule has 0 spiro atoms. The van der Waals surface area contributed by atoms with Crippen LogP contribution < -0.4 is 5.32 Å². The molecule has 0 unspecified atom stereocenters. The zero-order valence-electron chi connectivity index (χ0n) is 10.00. The lowest BCUT2D eigenvalue weighted by Gasteiger charge is -2.34. The number of nitrogens with one attached hydrogen (secondary N) is 1. The molecular formula is C13H15BrFN3. The van der Waals surface area contributed by atoms with Crippen LogP contribution >= 0.6 is 15.9 Å². The third kappa shape index (κ3) is 3.08. The maximum Gasteiger partial charge on any atom is 0.129 e. The van der Waals surface area contributed by atoms with Crippen LogP contribution in [0.3, 0.4) is 0 Å². The molecule has 0 aliphatic carbocycles. The lowest BCUT2D eigenvalue weighted by molar-refractivity contribution is 0.172. The Kier molecular flexibility index (Phi) is 4.70. The third-order valence-electron chi connectivity index (χ3n) is 3.20. The van der Waals surface area contributed by atoms with Gasteiger partial charge in [-0.15, -0.1) is 0 Å². The first-order valence-electron chi connectivity index (χ1n) is 5.99. The summed E-state index contributed by atoms with van der Waals surface area (Å²) in [5.74, 6) is -0.247. The van der Waals surface area contributed by atoms with E-state index in [-0.39, 0.29) is 11.9 Å². The first kappa shape index (κ1) is 13.5. The van der Waals surface area contributed by atoms with Crippen molar-refractivity contribution in [3.8, 4) is 6.07 Å². The average Bonchev–Trinajstić information content (AvgIpc) is 2.38. The minimum Gasteiger partial charge on any atom is -0.314 e. The van der Waals surface area contributed by atoms with Crippen molar-refractivity contribution >= 4 is 15.9 Å². The number of rotatable bonds is 3. The zero-order valence-corrected chi connectivity index (χ0v) is 11.6. The fraction of sp³-hybridized carbons (Fsp3) is 0.462. The second kappa shape index (κ2) is 6.28. The monoisotopic (exact) mass is 311 g/mol. The van der Waals surface area contributed by atoms with Crippen LogP contribution in [0.2, 0.25) is 0 Å². The summed E-state index contributed by atoms with van der Waals surface area (Å²) in [7, 11) is 0. The zero-order chi connectivity index (χ0) is 13.0. The number of benzene rings is 1. The molecule has 1 atom stereocenters. The molecule has 0 bridgehead atoms. The van der Waals surface area contributed by atoms with E-state index in [2.05, 4.69) is 32.2 Å². The van der Waals surface area contributed by atoms with Crippen LogP contribution in [0.1, 0.15) is 18.0 Å². The summed E-state index contributed by atoms with van der Waals surface area (Å²) in [4.78, 5) is 2.17. The van der Waals surface area contributed by atoms with Gasteiger partial charge in [-0.1, -0.05) is 22.0 Å². The van der Waals surface area contributed by atoms with E-state index < -0.39 is 0 Å². The van der Waals surface area contributed by atoms with Gasteiger partial charge < -0.3 is 5.32 Å². The van der Waals surface area contributed by atoms with Crippen molar-refractivity contribution in [2.24, 2.45) is 0 Å². The van der Waals surface area contributed by atoms with Crippen LogP contribution in [0.25, 0.3) is 0 Å². The van der Waals surface area contributed by atoms with E-state index in [4.69, 9.17) is 5.26 Å². The molecule has 2 rings (SSSR count). The van der Waals surface area contributed by atoms with Crippen molar-refractivity contribution in [3.63, 3.8) is 0 Å². The number of hydrogen-bond acceptors (Lipinski definition) is 3. The molecule has 1 aliphatic heterocycles. The molecule has 1 saturated heterocycles. The summed E-state index contributed by atoms with van der Waals surface area (Å²) in [6.07, 6.45) is 0.318. The molecule has 96 valence electrons. The van der Waals surface area contributed by atoms with E-state index in [0.29, 0.717) is 12.0 Å². The van der Waals surface area contributed by atoms with E-state index >= 15 is 0 Å². The molecule has 5 heteroatoms. The van der Waals surface area contributed by atoms with Gasteiger partial charge in [0.15, 0.2) is 0 Å². The molecule has 18 heavy (non-hydrogen) atoms. The van der Waals surface area contributed by atoms with Gasteiger partial charge in [0.25, 0.3) is 0 Å². The molecule has 1 heterocycles. The largest absolute Gasteiger partial charge is 0.314 e. The van der Waals surface area contributed by atoms with Crippen molar-refractivity contribution in [3.05, 3.63) is 34.1 Å². The van der Waals surface area contributed by atoms with Gasteiger partial charge in [-0.3, -0.25) is 4.90 Å². The van der Waals surface area contributed by atoms with E-state index in [0.717, 1.165) is 30.7 Å². The second-order valence-electron chi connectivity index (χ2n) is 4.33. The topological polar surface area (TPSA) is 39.1 Å². The smallest absolute Gasteiger partial charge is 0.129 e. The average molecular weight is 312 g/mol. The fourth-order valence-corrected chi connectivity index (χ4v) is 2.62. The van der Waals surface area contributed by atoms with Gasteiger partial charge in [0.05, 0.1) is 18.5 Å². The van der Waals surface area contributed by atoms with Crippen molar-refractivity contribution in [2.75, 3.05) is 26.2 Å². The Bertz CT molecular complexity index is 452. The number of piperazine rings is 1. The molecule has 0 radical (unpaired) electrons. The standard InChI is InChI=1S/C13H15BrFN3/c14-10-1-2-11(12(15)9-10)13(3-4-16)18-7-5-17-6-8-18/h1-2,9,13,17H,3,5-8H2/t13-/m0/s1. The molecule has 1 aromatic rings. The van der Waals surface area contributed by atoms with Crippen LogP contribution in [0.5, 0.6) is 0 Å². The number of nitriles is 1. The quantitative estimate of drug-likeness (QED) is 0.932. The Hall–Kier alpha value is -0.960. The molecule has 3 nitrogen and oxygen atoms in total. The summed E-state index contributed by atoms with van der Waals surface area (Å²) in [6.45, 7) is 3.48. The third-order valence-corrected chi connectivity index (χ3v) is 3.69. The van der Waals surface area contributed by atoms with Gasteiger partial charge in [0.1, 0.15) is 5.82 Å². The molecular weight excluding hydrogens is 297 g/mol. The van der Waals surface area contributed by atoms with Crippen LogP contribution in [0, 0.1) is 17.1 Å². The van der Waals surface area contributed by atoms with Crippen molar-refractivity contribution in [1.82, 2.24) is 10.2 Å². The highest BCUT2D eigenvalue weighted by Crippen LogP contribution is 2.28. The Labute approximate surface area is 115 Å². The Morgan fingerprint density at radius 2 is 2.17 bits per heavy atom. The highest BCUT2D eigenvalue weighted by molar-refractivity contribution is 9.10. The van der Waals surface area contributed by atoms with E-state index in [1.54, 1.807) is 6.07 Å². The van der Waals surface area contributed by atoms with Gasteiger partial charge in [0.2, 0.25) is 0 Å². The highest BCUT2D eigenvalue weighted by atomic mass is 79.9. The Morgan fingerprint density at radius 1 is 1.44 bits per heavy atom. The maximum atomic E-state index is 14.0. The lowest BCUT2D eigenvalue weighted by atomic mass is 10.0. The van der Waals surface area contributed by atoms with Crippen LogP contribution in [0.15, 0.2) is 22.7 Å². The van der Waals surface area contributed by atoms with E-state index in [1.165, 1.54) is 6.07 Å². The van der Waals surface area contributed by atoms with Crippen LogP contribution in [-0.2, 0) is 0 Å². The first-order chi connectivity index (χ1) is 8.72. The number of halogens is 2. The lowest BCUT2D eigenvalue weighted by Crippen LogP contribution is -2.45. The summed E-state index contributed by atoms with van der Waals surface area (Å²) in [5.41, 5.74) is 0.613. The predicted molar refractivity (Wildman–Crippen MR) is 71.5 cm³/mol. The van der Waals surface area contributed by atoms with Gasteiger partial charge in [-0.2, -0.15) is 5.26 Å². The molecule has 0 aromatic heterocycles. The van der Waals surface area contributed by atoms with Crippen LogP contribution in [0.4, 0.5) is 4.39 Å². The van der Waals surface area contributed by atoms with Crippen molar-refractivity contribution in [1.29, 1.82) is 5.26 Å². The van der Waals surface area contributed by atoms with E-state index in [1.807, 2.05) is 6.07 Å². The van der Waals surface area contributed by atoms with Gasteiger partial charge in [0, 0.05) is 36.2 Å². The molecule has 0 saturated carbocycles. The number of nitrogens with zero attached hydrogens (tertiary/aromatic N) is 2. The fourth-order valence-electron chi connectivity index (χ4n) is 2.29.